The van der Waals surface area contributed by atoms with Crippen molar-refractivity contribution in [2.75, 3.05) is 0 Å². The lowest BCUT2D eigenvalue weighted by atomic mass is 9.49. The van der Waals surface area contributed by atoms with Crippen LogP contribution in [0.3, 0.4) is 0 Å². The Morgan fingerprint density at radius 1 is 1.13 bits per heavy atom. The highest BCUT2D eigenvalue weighted by Crippen LogP contribution is 2.37. The molecule has 5 heteroatoms. The molecule has 1 unspecified atom stereocenters. The van der Waals surface area contributed by atoms with Crippen molar-refractivity contribution in [3.05, 3.63) is 40.9 Å². The highest BCUT2D eigenvalue weighted by Gasteiger charge is 2.36. The molecule has 0 aromatic heterocycles. The SMILES string of the molecule is CB(O)C1C(B(O)O)=Cc2ccccc21. The van der Waals surface area contributed by atoms with Gasteiger partial charge in [-0.3, -0.25) is 0 Å². The number of benzene rings is 1. The molecule has 0 saturated carbocycles. The van der Waals surface area contributed by atoms with Crippen LogP contribution in [0.4, 0.5) is 0 Å². The molecule has 0 saturated heterocycles. The molecule has 1 aliphatic rings. The molecule has 0 fully saturated rings. The predicted octanol–water partition coefficient (Wildman–Crippen LogP) is 0.332. The highest BCUT2D eigenvalue weighted by molar-refractivity contribution is 6.61. The van der Waals surface area contributed by atoms with E-state index < -0.39 is 14.0 Å². The van der Waals surface area contributed by atoms with Gasteiger partial charge in [0.2, 0.25) is 0 Å². The minimum atomic E-state index is -1.50. The number of fused-ring (bicyclic) bond motifs is 1. The van der Waals surface area contributed by atoms with Gasteiger partial charge in [-0.15, -0.1) is 0 Å². The number of allylic oxidation sites excluding steroid dienone is 1. The van der Waals surface area contributed by atoms with Gasteiger partial charge >= 0.3 is 7.12 Å². The first-order chi connectivity index (χ1) is 7.11. The van der Waals surface area contributed by atoms with Gasteiger partial charge in [0.05, 0.1) is 0 Å². The maximum Gasteiger partial charge on any atom is 0.484 e. The lowest BCUT2D eigenvalue weighted by Gasteiger charge is -2.16. The molecule has 0 bridgehead atoms. The summed E-state index contributed by atoms with van der Waals surface area (Å²) in [5.41, 5.74) is 2.37. The van der Waals surface area contributed by atoms with Gasteiger partial charge in [0.1, 0.15) is 0 Å². The lowest BCUT2D eigenvalue weighted by Crippen LogP contribution is -2.28. The van der Waals surface area contributed by atoms with Crippen molar-refractivity contribution in [2.45, 2.75) is 12.6 Å². The summed E-state index contributed by atoms with van der Waals surface area (Å²) in [6, 6.07) is 7.58. The third-order valence-corrected chi connectivity index (χ3v) is 2.79. The van der Waals surface area contributed by atoms with Gasteiger partial charge in [-0.1, -0.05) is 37.2 Å². The first kappa shape index (κ1) is 10.5. The van der Waals surface area contributed by atoms with Gasteiger partial charge in [-0.2, -0.15) is 0 Å². The quantitative estimate of drug-likeness (QED) is 0.605. The Morgan fingerprint density at radius 3 is 2.40 bits per heavy atom. The summed E-state index contributed by atoms with van der Waals surface area (Å²) in [7, 11) is -1.50. The molecule has 1 aromatic carbocycles. The summed E-state index contributed by atoms with van der Waals surface area (Å²) in [6.07, 6.45) is 1.73. The van der Waals surface area contributed by atoms with Gasteiger partial charge in [-0.25, -0.2) is 0 Å². The summed E-state index contributed by atoms with van der Waals surface area (Å²) in [6.45, 7) is 1.03. The van der Waals surface area contributed by atoms with Crippen LogP contribution in [0, 0.1) is 0 Å². The molecular formula is C10H12B2O3. The van der Waals surface area contributed by atoms with Crippen LogP contribution < -0.4 is 0 Å². The zero-order valence-electron chi connectivity index (χ0n) is 8.46. The topological polar surface area (TPSA) is 60.7 Å². The van der Waals surface area contributed by atoms with E-state index >= 15 is 0 Å². The number of hydrogen-bond donors (Lipinski definition) is 3. The number of hydrogen-bond acceptors (Lipinski definition) is 3. The highest BCUT2D eigenvalue weighted by atomic mass is 16.4. The van der Waals surface area contributed by atoms with E-state index in [-0.39, 0.29) is 5.82 Å². The van der Waals surface area contributed by atoms with Crippen molar-refractivity contribution in [1.29, 1.82) is 0 Å². The van der Waals surface area contributed by atoms with Crippen LogP contribution in [0.2, 0.25) is 6.82 Å². The van der Waals surface area contributed by atoms with Crippen LogP contribution in [0.15, 0.2) is 29.7 Å². The fraction of sp³-hybridized carbons (Fsp3) is 0.200. The summed E-state index contributed by atoms with van der Waals surface area (Å²) in [5.74, 6) is -0.304. The van der Waals surface area contributed by atoms with E-state index in [4.69, 9.17) is 0 Å². The largest absolute Gasteiger partial charge is 0.484 e. The fourth-order valence-corrected chi connectivity index (χ4v) is 2.15. The van der Waals surface area contributed by atoms with E-state index in [1.165, 1.54) is 0 Å². The van der Waals surface area contributed by atoms with Crippen LogP contribution in [-0.4, -0.2) is 29.1 Å². The Morgan fingerprint density at radius 2 is 1.80 bits per heavy atom. The van der Waals surface area contributed by atoms with E-state index in [0.717, 1.165) is 11.1 Å². The third kappa shape index (κ3) is 1.74. The van der Waals surface area contributed by atoms with Crippen molar-refractivity contribution < 1.29 is 15.1 Å². The summed E-state index contributed by atoms with van der Waals surface area (Å²) in [5, 5.41) is 28.1. The van der Waals surface area contributed by atoms with E-state index in [1.807, 2.05) is 24.3 Å². The predicted molar refractivity (Wildman–Crippen MR) is 61.2 cm³/mol. The zero-order chi connectivity index (χ0) is 11.0. The summed E-state index contributed by atoms with van der Waals surface area (Å²) in [4.78, 5) is 0. The molecule has 0 radical (unpaired) electrons. The Balaban J connectivity index is 2.47. The molecule has 0 heterocycles. The monoisotopic (exact) mass is 202 g/mol. The molecule has 0 aliphatic heterocycles. The van der Waals surface area contributed by atoms with Gasteiger partial charge in [0.15, 0.2) is 0 Å². The summed E-state index contributed by atoms with van der Waals surface area (Å²) < 4.78 is 0. The van der Waals surface area contributed by atoms with Crippen molar-refractivity contribution in [3.63, 3.8) is 0 Å². The first-order valence-corrected chi connectivity index (χ1v) is 4.96. The molecule has 1 atom stereocenters. The maximum atomic E-state index is 9.66. The average molecular weight is 202 g/mol. The molecule has 1 aliphatic carbocycles. The van der Waals surface area contributed by atoms with Crippen molar-refractivity contribution in [1.82, 2.24) is 0 Å². The third-order valence-electron chi connectivity index (χ3n) is 2.79. The van der Waals surface area contributed by atoms with Crippen molar-refractivity contribution >= 4 is 20.1 Å². The molecule has 2 rings (SSSR count). The standard InChI is InChI=1S/C10H12B2O3/c1-11(13)10-8-5-3-2-4-7(8)6-9(10)12(14)15/h2-6,10,13-15H,1H3. The maximum absolute atomic E-state index is 9.66. The minimum Gasteiger partial charge on any atom is -0.450 e. The van der Waals surface area contributed by atoms with Crippen LogP contribution in [0.1, 0.15) is 16.9 Å². The average Bonchev–Trinajstić information content (AvgIpc) is 2.56. The van der Waals surface area contributed by atoms with E-state index in [1.54, 1.807) is 12.9 Å². The molecule has 15 heavy (non-hydrogen) atoms. The van der Waals surface area contributed by atoms with Gasteiger partial charge in [0, 0.05) is 5.82 Å². The van der Waals surface area contributed by atoms with Crippen molar-refractivity contribution in [2.24, 2.45) is 0 Å². The van der Waals surface area contributed by atoms with Crippen LogP contribution >= 0.6 is 0 Å². The first-order valence-electron chi connectivity index (χ1n) is 4.96. The van der Waals surface area contributed by atoms with E-state index in [0.29, 0.717) is 5.47 Å². The van der Waals surface area contributed by atoms with E-state index in [2.05, 4.69) is 0 Å². The Labute approximate surface area is 89.3 Å². The molecule has 76 valence electrons. The second-order valence-corrected chi connectivity index (χ2v) is 3.87. The second kappa shape index (κ2) is 3.85. The molecule has 3 nitrogen and oxygen atoms in total. The van der Waals surface area contributed by atoms with Gasteiger partial charge in [0.25, 0.3) is 6.92 Å². The normalized spacial score (nSPS) is 18.4. The Bertz CT molecular complexity index is 401. The molecule has 0 amide bonds. The lowest BCUT2D eigenvalue weighted by molar-refractivity contribution is 0.416. The van der Waals surface area contributed by atoms with E-state index in [9.17, 15) is 15.1 Å². The summed E-state index contributed by atoms with van der Waals surface area (Å²) >= 11 is 0. The minimum absolute atomic E-state index is 0.304. The second-order valence-electron chi connectivity index (χ2n) is 3.87. The van der Waals surface area contributed by atoms with Crippen LogP contribution in [-0.2, 0) is 0 Å². The van der Waals surface area contributed by atoms with Gasteiger partial charge in [-0.05, 0) is 16.6 Å². The molecule has 3 N–H and O–H groups in total. The van der Waals surface area contributed by atoms with Crippen molar-refractivity contribution in [3.8, 4) is 0 Å². The molecule has 1 aromatic rings. The molecule has 0 spiro atoms. The number of rotatable bonds is 2. The Kier molecular flexibility index (Phi) is 2.69. The van der Waals surface area contributed by atoms with Gasteiger partial charge < -0.3 is 15.1 Å². The van der Waals surface area contributed by atoms with Crippen LogP contribution in [0.5, 0.6) is 0 Å². The fourth-order valence-electron chi connectivity index (χ4n) is 2.15. The van der Waals surface area contributed by atoms with Crippen LogP contribution in [0.25, 0.3) is 6.08 Å². The Hall–Kier alpha value is -1.03. The molecular weight excluding hydrogens is 190 g/mol. The smallest absolute Gasteiger partial charge is 0.450 e. The zero-order valence-corrected chi connectivity index (χ0v) is 8.46.